The van der Waals surface area contributed by atoms with Crippen LogP contribution in [0.25, 0.3) is 0 Å². The van der Waals surface area contributed by atoms with Crippen molar-refractivity contribution in [3.8, 4) is 5.75 Å². The van der Waals surface area contributed by atoms with Crippen molar-refractivity contribution in [3.63, 3.8) is 0 Å². The largest absolute Gasteiger partial charge is 0.506 e. The number of phenolic OH excluding ortho intramolecular Hbond substituents is 1. The fourth-order valence-corrected chi connectivity index (χ4v) is 5.49. The van der Waals surface area contributed by atoms with Gasteiger partial charge in [-0.05, 0) is 17.5 Å². The molecule has 0 spiro atoms. The van der Waals surface area contributed by atoms with Gasteiger partial charge in [-0.15, -0.1) is 0 Å². The molecule has 2 saturated carbocycles. The smallest absolute Gasteiger partial charge is 0.235 e. The van der Waals surface area contributed by atoms with Crippen LogP contribution in [0, 0.1) is 23.7 Å². The highest BCUT2D eigenvalue weighted by Gasteiger charge is 2.69. The third kappa shape index (κ3) is 2.33. The Bertz CT molecular complexity index is 1050. The molecule has 0 heterocycles. The van der Waals surface area contributed by atoms with Gasteiger partial charge in [0.25, 0.3) is 0 Å². The van der Waals surface area contributed by atoms with Crippen LogP contribution < -0.4 is 5.73 Å². The number of ketones is 4. The molecular formula is C20H18ClNO8. The molecule has 1 aromatic rings. The van der Waals surface area contributed by atoms with E-state index in [2.05, 4.69) is 0 Å². The van der Waals surface area contributed by atoms with Crippen molar-refractivity contribution in [2.24, 2.45) is 29.4 Å². The molecule has 3 aliphatic carbocycles. The molecular weight excluding hydrogens is 418 g/mol. The van der Waals surface area contributed by atoms with Gasteiger partial charge in [-0.1, -0.05) is 24.6 Å². The summed E-state index contributed by atoms with van der Waals surface area (Å²) in [6, 6.07) is 2.87. The summed E-state index contributed by atoms with van der Waals surface area (Å²) in [6.07, 6.45) is -2.20. The van der Waals surface area contributed by atoms with Gasteiger partial charge in [-0.3, -0.25) is 24.0 Å². The predicted molar refractivity (Wildman–Crippen MR) is 99.6 cm³/mol. The minimum absolute atomic E-state index is 0.124. The minimum Gasteiger partial charge on any atom is -0.506 e. The van der Waals surface area contributed by atoms with Crippen LogP contribution in [-0.4, -0.2) is 56.1 Å². The number of amides is 1. The number of hydrogen-bond donors (Lipinski definition) is 4. The number of aliphatic hydroxyl groups is 2. The lowest BCUT2D eigenvalue weighted by atomic mass is 9.50. The summed E-state index contributed by atoms with van der Waals surface area (Å²) in [5, 5.41) is 32.3. The molecule has 10 heteroatoms. The molecule has 30 heavy (non-hydrogen) atoms. The molecule has 0 saturated heterocycles. The second kappa shape index (κ2) is 6.44. The van der Waals surface area contributed by atoms with Gasteiger partial charge in [0.2, 0.25) is 5.91 Å². The molecule has 158 valence electrons. The molecule has 0 aromatic heterocycles. The van der Waals surface area contributed by atoms with Crippen molar-refractivity contribution in [3.05, 3.63) is 28.3 Å². The van der Waals surface area contributed by atoms with Crippen molar-refractivity contribution < 1.29 is 39.3 Å². The van der Waals surface area contributed by atoms with Crippen molar-refractivity contribution in [2.75, 3.05) is 0 Å². The highest BCUT2D eigenvalue weighted by Crippen LogP contribution is 2.54. The molecule has 2 fully saturated rings. The van der Waals surface area contributed by atoms with Crippen LogP contribution >= 0.6 is 11.6 Å². The maximum absolute atomic E-state index is 13.3. The Labute approximate surface area is 174 Å². The highest BCUT2D eigenvalue weighted by molar-refractivity contribution is 6.34. The molecule has 4 rings (SSSR count). The Morgan fingerprint density at radius 3 is 2.43 bits per heavy atom. The summed E-state index contributed by atoms with van der Waals surface area (Å²) in [5.41, 5.74) is 2.32. The van der Waals surface area contributed by atoms with E-state index in [0.717, 1.165) is 0 Å². The standard InChI is InChI=1S/C20H18ClNO8/c1-5-6-2-3-8(21)15(25)11(6)16(26)13-10(5)14(24)7-4-9(23)12(19(22)29)17(27)20(7,30)18(13)28/h2-3,5,7,10,12-14,24-25,30H,4H2,1H3,(H2,22,29)/t5-,7+,10+,12?,13?,14+,20+/m0/s1. The van der Waals surface area contributed by atoms with Crippen LogP contribution in [0.3, 0.4) is 0 Å². The molecule has 9 nitrogen and oxygen atoms in total. The van der Waals surface area contributed by atoms with E-state index < -0.39 is 82.5 Å². The highest BCUT2D eigenvalue weighted by atomic mass is 35.5. The van der Waals surface area contributed by atoms with Gasteiger partial charge < -0.3 is 21.1 Å². The van der Waals surface area contributed by atoms with Crippen LogP contribution in [-0.2, 0) is 19.2 Å². The number of carbonyl (C=O) groups is 5. The SMILES string of the molecule is C[C@H]1c2ccc(Cl)c(O)c2C(=O)C2C(=O)[C@]3(O)C(=O)C(C(N)=O)C(=O)C[C@@H]3[C@@H](O)[C@@H]21. The fourth-order valence-electron chi connectivity index (χ4n) is 5.33. The number of primary amides is 1. The third-order valence-electron chi connectivity index (χ3n) is 6.81. The average Bonchev–Trinajstić information content (AvgIpc) is 2.67. The number of aliphatic hydroxyl groups excluding tert-OH is 1. The molecule has 3 aliphatic rings. The van der Waals surface area contributed by atoms with E-state index in [9.17, 15) is 39.3 Å². The first-order chi connectivity index (χ1) is 13.9. The van der Waals surface area contributed by atoms with Crippen LogP contribution in [0.5, 0.6) is 5.75 Å². The zero-order valence-electron chi connectivity index (χ0n) is 15.7. The topological polar surface area (TPSA) is 172 Å². The summed E-state index contributed by atoms with van der Waals surface area (Å²) in [5.74, 6) is -13.2. The summed E-state index contributed by atoms with van der Waals surface area (Å²) in [6.45, 7) is 1.62. The van der Waals surface area contributed by atoms with Gasteiger partial charge in [0.1, 0.15) is 5.75 Å². The van der Waals surface area contributed by atoms with Gasteiger partial charge in [-0.25, -0.2) is 0 Å². The number of phenols is 1. The van der Waals surface area contributed by atoms with E-state index in [4.69, 9.17) is 17.3 Å². The Hall–Kier alpha value is -2.62. The van der Waals surface area contributed by atoms with E-state index in [1.165, 1.54) is 12.1 Å². The minimum atomic E-state index is -2.92. The summed E-state index contributed by atoms with van der Waals surface area (Å²) in [4.78, 5) is 63.3. The number of hydrogen-bond acceptors (Lipinski definition) is 8. The number of rotatable bonds is 1. The Morgan fingerprint density at radius 2 is 1.83 bits per heavy atom. The molecule has 7 atom stereocenters. The number of benzene rings is 1. The molecule has 1 aromatic carbocycles. The molecule has 5 N–H and O–H groups in total. The number of Topliss-reactive ketones (excluding diaryl/α,β-unsaturated/α-hetero) is 4. The first-order valence-electron chi connectivity index (χ1n) is 9.31. The van der Waals surface area contributed by atoms with Gasteiger partial charge in [-0.2, -0.15) is 0 Å². The summed E-state index contributed by atoms with van der Waals surface area (Å²) in [7, 11) is 0. The second-order valence-corrected chi connectivity index (χ2v) is 8.57. The van der Waals surface area contributed by atoms with Crippen molar-refractivity contribution in [1.29, 1.82) is 0 Å². The van der Waals surface area contributed by atoms with Crippen molar-refractivity contribution >= 4 is 40.6 Å². The van der Waals surface area contributed by atoms with Gasteiger partial charge in [0.15, 0.2) is 34.7 Å². The van der Waals surface area contributed by atoms with E-state index in [1.54, 1.807) is 6.92 Å². The van der Waals surface area contributed by atoms with Crippen LogP contribution in [0.4, 0.5) is 0 Å². The number of nitrogens with two attached hydrogens (primary N) is 1. The Morgan fingerprint density at radius 1 is 1.20 bits per heavy atom. The Kier molecular flexibility index (Phi) is 4.43. The lowest BCUT2D eigenvalue weighted by Crippen LogP contribution is -2.72. The quantitative estimate of drug-likeness (QED) is 0.428. The van der Waals surface area contributed by atoms with Gasteiger partial charge >= 0.3 is 0 Å². The number of halogens is 1. The lowest BCUT2D eigenvalue weighted by molar-refractivity contribution is -0.189. The molecule has 1 amide bonds. The first kappa shape index (κ1) is 20.6. The molecule has 0 radical (unpaired) electrons. The molecule has 0 aliphatic heterocycles. The van der Waals surface area contributed by atoms with Crippen molar-refractivity contribution in [1.82, 2.24) is 0 Å². The summed E-state index contributed by atoms with van der Waals surface area (Å²) < 4.78 is 0. The first-order valence-corrected chi connectivity index (χ1v) is 9.69. The van der Waals surface area contributed by atoms with E-state index in [-0.39, 0.29) is 10.6 Å². The second-order valence-electron chi connectivity index (χ2n) is 8.17. The summed E-state index contributed by atoms with van der Waals surface area (Å²) >= 11 is 5.90. The number of aromatic hydroxyl groups is 1. The monoisotopic (exact) mass is 435 g/mol. The van der Waals surface area contributed by atoms with E-state index in [0.29, 0.717) is 5.56 Å². The van der Waals surface area contributed by atoms with Crippen LogP contribution in [0.2, 0.25) is 5.02 Å². The van der Waals surface area contributed by atoms with Crippen molar-refractivity contribution in [2.45, 2.75) is 31.0 Å². The van der Waals surface area contributed by atoms with Crippen LogP contribution in [0.1, 0.15) is 35.2 Å². The maximum atomic E-state index is 13.3. The number of carbonyl (C=O) groups excluding carboxylic acids is 5. The molecule has 2 unspecified atom stereocenters. The van der Waals surface area contributed by atoms with Crippen LogP contribution in [0.15, 0.2) is 12.1 Å². The van der Waals surface area contributed by atoms with Gasteiger partial charge in [0, 0.05) is 18.3 Å². The zero-order chi connectivity index (χ0) is 22.3. The lowest BCUT2D eigenvalue weighted by Gasteiger charge is -2.52. The van der Waals surface area contributed by atoms with Gasteiger partial charge in [0.05, 0.1) is 22.6 Å². The zero-order valence-corrected chi connectivity index (χ0v) is 16.4. The Balaban J connectivity index is 1.91. The molecule has 0 bridgehead atoms. The van der Waals surface area contributed by atoms with E-state index in [1.807, 2.05) is 0 Å². The maximum Gasteiger partial charge on any atom is 0.235 e. The fraction of sp³-hybridized carbons (Fsp3) is 0.450. The number of fused-ring (bicyclic) bond motifs is 3. The predicted octanol–water partition coefficient (Wildman–Crippen LogP) is -0.488. The normalized spacial score (nSPS) is 38.0. The van der Waals surface area contributed by atoms with E-state index >= 15 is 0 Å². The average molecular weight is 436 g/mol. The third-order valence-corrected chi connectivity index (χ3v) is 7.11.